The first-order valence-corrected chi connectivity index (χ1v) is 10.4. The van der Waals surface area contributed by atoms with Crippen molar-refractivity contribution in [3.05, 3.63) is 82.0 Å². The van der Waals surface area contributed by atoms with Crippen molar-refractivity contribution >= 4 is 17.2 Å². The molecule has 0 aliphatic heterocycles. The third-order valence-electron chi connectivity index (χ3n) is 4.83. The van der Waals surface area contributed by atoms with Crippen LogP contribution in [-0.4, -0.2) is 26.7 Å². The number of hydrogen-bond donors (Lipinski definition) is 2. The molecule has 3 N–H and O–H groups in total. The minimum atomic E-state index is -0.196. The van der Waals surface area contributed by atoms with Crippen LogP contribution in [0.15, 0.2) is 66.0 Å². The van der Waals surface area contributed by atoms with Gasteiger partial charge in [0.1, 0.15) is 17.5 Å². The summed E-state index contributed by atoms with van der Waals surface area (Å²) < 4.78 is 10.7. The van der Waals surface area contributed by atoms with E-state index < -0.39 is 0 Å². The third kappa shape index (κ3) is 5.37. The molecule has 2 aromatic carbocycles. The summed E-state index contributed by atoms with van der Waals surface area (Å²) in [6.07, 6.45) is 0. The van der Waals surface area contributed by atoms with Crippen molar-refractivity contribution in [3.63, 3.8) is 0 Å². The summed E-state index contributed by atoms with van der Waals surface area (Å²) in [6, 6.07) is 19.9. The highest BCUT2D eigenvalue weighted by Crippen LogP contribution is 2.29. The molecule has 0 radical (unpaired) electrons. The Bertz CT molecular complexity index is 913. The summed E-state index contributed by atoms with van der Waals surface area (Å²) in [6.45, 7) is 2.28. The van der Waals surface area contributed by atoms with Gasteiger partial charge in [-0.1, -0.05) is 36.4 Å². The topological polar surface area (TPSA) is 64.2 Å². The molecule has 2 atom stereocenters. The number of nitrogens with one attached hydrogen (secondary N) is 1. The quantitative estimate of drug-likeness (QED) is 0.568. The Hall–Kier alpha value is -2.83. The summed E-state index contributed by atoms with van der Waals surface area (Å²) in [5, 5.41) is 7.21. The van der Waals surface area contributed by atoms with Gasteiger partial charge in [-0.25, -0.2) is 0 Å². The van der Waals surface area contributed by atoms with Crippen LogP contribution in [0.25, 0.3) is 0 Å². The Morgan fingerprint density at radius 1 is 1.07 bits per heavy atom. The Morgan fingerprint density at radius 3 is 2.52 bits per heavy atom. The van der Waals surface area contributed by atoms with Crippen LogP contribution in [0, 0.1) is 0 Å². The molecule has 3 rings (SSSR count). The number of quaternary nitrogens is 1. The maximum atomic E-state index is 12.7. The third-order valence-corrected chi connectivity index (χ3v) is 5.78. The Labute approximate surface area is 175 Å². The van der Waals surface area contributed by atoms with Crippen LogP contribution in [-0.2, 0) is 4.79 Å². The number of methoxy groups -OCH3 is 2. The normalized spacial score (nSPS) is 12.8. The van der Waals surface area contributed by atoms with Crippen molar-refractivity contribution in [3.8, 4) is 11.5 Å². The van der Waals surface area contributed by atoms with Crippen LogP contribution in [0.1, 0.15) is 35.0 Å². The monoisotopic (exact) mass is 411 g/mol. The largest absolute Gasteiger partial charge is 0.497 e. The predicted octanol–water partition coefficient (Wildman–Crippen LogP) is 3.30. The van der Waals surface area contributed by atoms with Gasteiger partial charge in [-0.15, -0.1) is 11.3 Å². The van der Waals surface area contributed by atoms with Crippen LogP contribution in [0.5, 0.6) is 11.5 Å². The van der Waals surface area contributed by atoms with Crippen LogP contribution in [0.4, 0.5) is 0 Å². The van der Waals surface area contributed by atoms with Crippen LogP contribution >= 0.6 is 11.3 Å². The number of hydrogen-bond acceptors (Lipinski definition) is 4. The van der Waals surface area contributed by atoms with E-state index in [0.29, 0.717) is 6.54 Å². The molecular weight excluding hydrogens is 384 g/mol. The number of benzene rings is 2. The summed E-state index contributed by atoms with van der Waals surface area (Å²) in [7, 11) is 3.25. The minimum Gasteiger partial charge on any atom is -0.497 e. The zero-order valence-electron chi connectivity index (χ0n) is 16.9. The van der Waals surface area contributed by atoms with E-state index in [2.05, 4.69) is 34.2 Å². The zero-order chi connectivity index (χ0) is 20.6. The molecule has 0 fully saturated rings. The van der Waals surface area contributed by atoms with Gasteiger partial charge < -0.3 is 20.1 Å². The van der Waals surface area contributed by atoms with Gasteiger partial charge in [0, 0.05) is 11.1 Å². The van der Waals surface area contributed by atoms with Crippen molar-refractivity contribution in [1.82, 2.24) is 5.32 Å². The first kappa shape index (κ1) is 20.9. The Morgan fingerprint density at radius 2 is 1.86 bits per heavy atom. The van der Waals surface area contributed by atoms with Gasteiger partial charge in [-0.3, -0.25) is 4.79 Å². The molecule has 1 amide bonds. The first-order chi connectivity index (χ1) is 14.1. The van der Waals surface area contributed by atoms with Crippen molar-refractivity contribution in [1.29, 1.82) is 0 Å². The predicted molar refractivity (Wildman–Crippen MR) is 116 cm³/mol. The molecule has 1 aromatic heterocycles. The average molecular weight is 412 g/mol. The maximum Gasteiger partial charge on any atom is 0.275 e. The van der Waals surface area contributed by atoms with Gasteiger partial charge in [-0.05, 0) is 36.6 Å². The summed E-state index contributed by atoms with van der Waals surface area (Å²) in [4.78, 5) is 13.9. The molecule has 0 bridgehead atoms. The number of carbonyl (C=O) groups excluding carboxylic acids is 1. The summed E-state index contributed by atoms with van der Waals surface area (Å²) in [5.41, 5.74) is 2.07. The lowest BCUT2D eigenvalue weighted by atomic mass is 10.1. The molecule has 0 aliphatic rings. The van der Waals surface area contributed by atoms with Crippen LogP contribution < -0.4 is 20.1 Å². The fraction of sp³-hybridized carbons (Fsp3) is 0.261. The lowest BCUT2D eigenvalue weighted by molar-refractivity contribution is -0.676. The van der Waals surface area contributed by atoms with Crippen molar-refractivity contribution in [2.45, 2.75) is 19.0 Å². The second-order valence-corrected chi connectivity index (χ2v) is 7.72. The zero-order valence-corrected chi connectivity index (χ0v) is 17.7. The molecular formula is C23H27N2O3S+. The summed E-state index contributed by atoms with van der Waals surface area (Å²) >= 11 is 1.70. The van der Waals surface area contributed by atoms with Crippen molar-refractivity contribution in [2.24, 2.45) is 0 Å². The fourth-order valence-corrected chi connectivity index (χ4v) is 4.18. The van der Waals surface area contributed by atoms with Crippen LogP contribution in [0.3, 0.4) is 0 Å². The lowest BCUT2D eigenvalue weighted by Gasteiger charge is -2.19. The number of thiophene rings is 1. The average Bonchev–Trinajstić information content (AvgIpc) is 3.28. The second-order valence-electron chi connectivity index (χ2n) is 6.74. The molecule has 6 heteroatoms. The van der Waals surface area contributed by atoms with Gasteiger partial charge in [-0.2, -0.15) is 0 Å². The number of ether oxygens (including phenoxy) is 2. The number of nitrogens with two attached hydrogens (primary N) is 1. The van der Waals surface area contributed by atoms with E-state index in [4.69, 9.17) is 9.47 Å². The first-order valence-electron chi connectivity index (χ1n) is 9.55. The smallest absolute Gasteiger partial charge is 0.275 e. The van der Waals surface area contributed by atoms with E-state index in [-0.39, 0.29) is 18.0 Å². The van der Waals surface area contributed by atoms with E-state index in [1.807, 2.05) is 49.4 Å². The van der Waals surface area contributed by atoms with Crippen LogP contribution in [0.2, 0.25) is 0 Å². The molecule has 1 heterocycles. The molecule has 0 spiro atoms. The number of amides is 1. The van der Waals surface area contributed by atoms with Crippen molar-refractivity contribution in [2.75, 3.05) is 20.8 Å². The van der Waals surface area contributed by atoms with E-state index >= 15 is 0 Å². The highest BCUT2D eigenvalue weighted by Gasteiger charge is 2.21. The van der Waals surface area contributed by atoms with Gasteiger partial charge in [0.25, 0.3) is 5.91 Å². The SMILES string of the molecule is COc1ccc(OC)c([C@H](C)NC(=O)C[NH2+][C@@H](c2ccccc2)c2cccs2)c1. The Balaban J connectivity index is 1.67. The Kier molecular flexibility index (Phi) is 7.27. The maximum absolute atomic E-state index is 12.7. The molecule has 3 aromatic rings. The van der Waals surface area contributed by atoms with Gasteiger partial charge >= 0.3 is 0 Å². The van der Waals surface area contributed by atoms with E-state index in [1.54, 1.807) is 25.6 Å². The molecule has 0 saturated carbocycles. The molecule has 152 valence electrons. The highest BCUT2D eigenvalue weighted by molar-refractivity contribution is 7.10. The minimum absolute atomic E-state index is 0.0279. The van der Waals surface area contributed by atoms with E-state index in [0.717, 1.165) is 17.1 Å². The van der Waals surface area contributed by atoms with Gasteiger partial charge in [0.05, 0.1) is 25.1 Å². The molecule has 0 unspecified atom stereocenters. The molecule has 0 aliphatic carbocycles. The molecule has 29 heavy (non-hydrogen) atoms. The lowest BCUT2D eigenvalue weighted by Crippen LogP contribution is -2.87. The van der Waals surface area contributed by atoms with Gasteiger partial charge in [0.2, 0.25) is 0 Å². The fourth-order valence-electron chi connectivity index (χ4n) is 3.33. The summed E-state index contributed by atoms with van der Waals surface area (Å²) in [5.74, 6) is 1.43. The molecule has 0 saturated heterocycles. The van der Waals surface area contributed by atoms with E-state index in [1.165, 1.54) is 10.4 Å². The molecule has 5 nitrogen and oxygen atoms in total. The number of rotatable bonds is 9. The van der Waals surface area contributed by atoms with E-state index in [9.17, 15) is 4.79 Å². The van der Waals surface area contributed by atoms with Gasteiger partial charge in [0.15, 0.2) is 6.54 Å². The number of carbonyl (C=O) groups is 1. The second kappa shape index (κ2) is 10.1. The van der Waals surface area contributed by atoms with Crippen molar-refractivity contribution < 1.29 is 19.6 Å². The standard InChI is InChI=1S/C23H26N2O3S/c1-16(19-14-18(27-2)11-12-20(19)28-3)25-22(26)15-24-23(21-10-7-13-29-21)17-8-5-4-6-9-17/h4-14,16,23-24H,15H2,1-3H3,(H,25,26)/p+1/t16-,23-/m0/s1. The highest BCUT2D eigenvalue weighted by atomic mass is 32.1.